The minimum Gasteiger partial charge on any atom is -0.309 e. The van der Waals surface area contributed by atoms with Crippen LogP contribution in [-0.2, 0) is 0 Å². The van der Waals surface area contributed by atoms with Crippen LogP contribution in [0.1, 0.15) is 5.56 Å². The number of fused-ring (bicyclic) bond motifs is 1. The minimum atomic E-state index is -4.42. The highest BCUT2D eigenvalue weighted by molar-refractivity contribution is 9.10. The molecule has 0 bridgehead atoms. The number of alkyl halides is 3. The first-order chi connectivity index (χ1) is 9.92. The van der Waals surface area contributed by atoms with Crippen molar-refractivity contribution in [3.63, 3.8) is 0 Å². The van der Waals surface area contributed by atoms with Gasteiger partial charge in [0, 0.05) is 27.3 Å². The molecule has 0 saturated heterocycles. The third-order valence-corrected chi connectivity index (χ3v) is 3.87. The zero-order valence-electron chi connectivity index (χ0n) is 10.2. The van der Waals surface area contributed by atoms with E-state index in [0.29, 0.717) is 9.99 Å². The summed E-state index contributed by atoms with van der Waals surface area (Å²) in [5, 5.41) is 3.20. The Morgan fingerprint density at radius 3 is 2.90 bits per heavy atom. The largest absolute Gasteiger partial charge is 0.447 e. The number of aromatic nitrogens is 1. The van der Waals surface area contributed by atoms with Crippen LogP contribution in [0.25, 0.3) is 16.0 Å². The monoisotopic (exact) mass is 374 g/mol. The molecule has 4 nitrogen and oxygen atoms in total. The second kappa shape index (κ2) is 6.35. The summed E-state index contributed by atoms with van der Waals surface area (Å²) in [6.07, 6.45) is 1.53. The van der Waals surface area contributed by atoms with E-state index in [1.807, 2.05) is 0 Å². The van der Waals surface area contributed by atoms with E-state index >= 15 is 0 Å². The number of hydrogen-bond acceptors (Lipinski definition) is 2. The van der Waals surface area contributed by atoms with Gasteiger partial charge < -0.3 is 4.40 Å². The van der Waals surface area contributed by atoms with Crippen LogP contribution >= 0.6 is 27.7 Å². The first kappa shape index (κ1) is 15.6. The fourth-order valence-electron chi connectivity index (χ4n) is 1.64. The average Bonchev–Trinajstić information content (AvgIpc) is 2.73. The third-order valence-electron chi connectivity index (χ3n) is 2.36. The van der Waals surface area contributed by atoms with Crippen molar-refractivity contribution in [2.24, 2.45) is 5.11 Å². The van der Waals surface area contributed by atoms with Gasteiger partial charge in [-0.05, 0) is 39.7 Å². The normalized spacial score (nSPS) is 10.9. The van der Waals surface area contributed by atoms with Crippen molar-refractivity contribution in [2.75, 3.05) is 6.54 Å². The van der Waals surface area contributed by atoms with Gasteiger partial charge in [0.15, 0.2) is 0 Å². The maximum atomic E-state index is 12.7. The Kier molecular flexibility index (Phi) is 4.73. The van der Waals surface area contributed by atoms with Crippen molar-refractivity contribution in [1.82, 2.24) is 4.40 Å². The van der Waals surface area contributed by atoms with Crippen LogP contribution in [0.15, 0.2) is 39.0 Å². The number of hydrogen-bond donors (Lipinski definition) is 0. The van der Waals surface area contributed by atoms with Gasteiger partial charge in [0.05, 0.1) is 17.6 Å². The maximum Gasteiger partial charge on any atom is 0.447 e. The molecule has 0 N–H and O–H groups in total. The topological polar surface area (TPSA) is 53.2 Å². The van der Waals surface area contributed by atoms with E-state index < -0.39 is 5.51 Å². The Morgan fingerprint density at radius 1 is 1.48 bits per heavy atom. The molecule has 0 aliphatic rings. The van der Waals surface area contributed by atoms with Crippen LogP contribution in [-0.4, -0.2) is 16.5 Å². The Hall–Kier alpha value is -1.75. The Morgan fingerprint density at radius 2 is 2.24 bits per heavy atom. The van der Waals surface area contributed by atoms with Crippen LogP contribution in [0.4, 0.5) is 13.2 Å². The van der Waals surface area contributed by atoms with E-state index in [-0.39, 0.29) is 28.9 Å². The van der Waals surface area contributed by atoms with Crippen LogP contribution in [0.2, 0.25) is 0 Å². The lowest BCUT2D eigenvalue weighted by atomic mass is 10.3. The van der Waals surface area contributed by atoms with E-state index in [1.165, 1.54) is 10.6 Å². The zero-order chi connectivity index (χ0) is 15.5. The van der Waals surface area contributed by atoms with Gasteiger partial charge in [-0.15, -0.1) is 0 Å². The molecule has 108 valence electrons. The molecule has 0 saturated carbocycles. The maximum absolute atomic E-state index is 12.7. The molecule has 0 aromatic carbocycles. The number of halogens is 4. The van der Waals surface area contributed by atoms with Crippen molar-refractivity contribution in [1.29, 1.82) is 0 Å². The first-order valence-electron chi connectivity index (χ1n) is 5.47. The fraction of sp³-hybridized carbons (Fsp3) is 0.167. The quantitative estimate of drug-likeness (QED) is 0.240. The second-order valence-electron chi connectivity index (χ2n) is 3.71. The molecule has 2 rings (SSSR count). The number of azide groups is 1. The van der Waals surface area contributed by atoms with Gasteiger partial charge in [-0.25, -0.2) is 0 Å². The highest BCUT2D eigenvalue weighted by atomic mass is 79.9. The van der Waals surface area contributed by atoms with Gasteiger partial charge in [0.2, 0.25) is 0 Å². The molecular weight excluding hydrogens is 369 g/mol. The summed E-state index contributed by atoms with van der Waals surface area (Å²) in [4.78, 5) is 2.53. The first-order valence-corrected chi connectivity index (χ1v) is 7.08. The van der Waals surface area contributed by atoms with Crippen LogP contribution < -0.4 is 0 Å². The van der Waals surface area contributed by atoms with Crippen molar-refractivity contribution >= 4 is 33.2 Å². The molecule has 9 heteroatoms. The number of rotatable bonds is 2. The molecule has 0 radical (unpaired) electrons. The molecular formula is C12H6BrF3N4S. The highest BCUT2D eigenvalue weighted by Crippen LogP contribution is 2.40. The summed E-state index contributed by atoms with van der Waals surface area (Å²) >= 11 is 3.06. The molecule has 0 aliphatic carbocycles. The lowest BCUT2D eigenvalue weighted by molar-refractivity contribution is -0.0329. The van der Waals surface area contributed by atoms with E-state index in [4.69, 9.17) is 5.53 Å². The van der Waals surface area contributed by atoms with Crippen LogP contribution in [0, 0.1) is 11.8 Å². The molecule has 0 fully saturated rings. The van der Waals surface area contributed by atoms with E-state index in [0.717, 1.165) is 0 Å². The summed E-state index contributed by atoms with van der Waals surface area (Å²) < 4.78 is 40.2. The summed E-state index contributed by atoms with van der Waals surface area (Å²) in [5.74, 6) is 5.14. The molecule has 0 unspecified atom stereocenters. The Balaban J connectivity index is 2.56. The molecule has 0 atom stereocenters. The van der Waals surface area contributed by atoms with E-state index in [9.17, 15) is 13.2 Å². The Bertz CT molecular complexity index is 781. The molecule has 0 spiro atoms. The van der Waals surface area contributed by atoms with Gasteiger partial charge >= 0.3 is 5.51 Å². The van der Waals surface area contributed by atoms with Crippen molar-refractivity contribution < 1.29 is 13.2 Å². The SMILES string of the molecule is [N-]=[N+]=NCC#Cc1cc2c(Br)cccn2c1SC(F)(F)F. The van der Waals surface area contributed by atoms with Crippen LogP contribution in [0.5, 0.6) is 0 Å². The average molecular weight is 375 g/mol. The summed E-state index contributed by atoms with van der Waals surface area (Å²) in [6, 6.07) is 4.92. The molecule has 0 amide bonds. The van der Waals surface area contributed by atoms with Crippen molar-refractivity contribution in [2.45, 2.75) is 10.5 Å². The van der Waals surface area contributed by atoms with Gasteiger partial charge in [-0.3, -0.25) is 0 Å². The van der Waals surface area contributed by atoms with Gasteiger partial charge in [-0.2, -0.15) is 13.2 Å². The smallest absolute Gasteiger partial charge is 0.309 e. The summed E-state index contributed by atoms with van der Waals surface area (Å²) in [7, 11) is 0. The van der Waals surface area contributed by atoms with Crippen molar-refractivity contribution in [3.8, 4) is 11.8 Å². The number of thioether (sulfide) groups is 1. The Labute approximate surface area is 130 Å². The lowest BCUT2D eigenvalue weighted by Gasteiger charge is -2.07. The van der Waals surface area contributed by atoms with Gasteiger partial charge in [0.1, 0.15) is 5.03 Å². The standard InChI is InChI=1S/C12H6BrF3N4S/c13-9-4-2-6-20-10(9)7-8(3-1-5-18-19-17)11(20)21-12(14,15)16/h2,4,6-7H,5H2. The van der Waals surface area contributed by atoms with Crippen LogP contribution in [0.3, 0.4) is 0 Å². The predicted molar refractivity (Wildman–Crippen MR) is 77.9 cm³/mol. The lowest BCUT2D eigenvalue weighted by Crippen LogP contribution is -2.01. The molecule has 2 aromatic rings. The van der Waals surface area contributed by atoms with Gasteiger partial charge in [0.25, 0.3) is 0 Å². The summed E-state index contributed by atoms with van der Waals surface area (Å²) in [5.41, 5.74) is 4.54. The third kappa shape index (κ3) is 3.88. The van der Waals surface area contributed by atoms with E-state index in [2.05, 4.69) is 37.8 Å². The number of nitrogens with zero attached hydrogens (tertiary/aromatic N) is 4. The zero-order valence-corrected chi connectivity index (χ0v) is 12.6. The molecule has 0 aliphatic heterocycles. The van der Waals surface area contributed by atoms with E-state index in [1.54, 1.807) is 18.2 Å². The molecule has 21 heavy (non-hydrogen) atoms. The molecule has 2 aromatic heterocycles. The fourth-order valence-corrected chi connectivity index (χ4v) is 2.80. The predicted octanol–water partition coefficient (Wildman–Crippen LogP) is 4.98. The highest BCUT2D eigenvalue weighted by Gasteiger charge is 2.32. The molecule has 2 heterocycles. The van der Waals surface area contributed by atoms with Gasteiger partial charge in [-0.1, -0.05) is 17.0 Å². The number of pyridine rings is 1. The van der Waals surface area contributed by atoms with Crippen molar-refractivity contribution in [3.05, 3.63) is 44.9 Å². The minimum absolute atomic E-state index is 0.0211. The summed E-state index contributed by atoms with van der Waals surface area (Å²) in [6.45, 7) is -0.0972. The second-order valence-corrected chi connectivity index (χ2v) is 5.62.